The first-order chi connectivity index (χ1) is 6.45. The summed E-state index contributed by atoms with van der Waals surface area (Å²) in [6.07, 6.45) is 3.42. The maximum absolute atomic E-state index is 3.37. The highest BCUT2D eigenvalue weighted by Gasteiger charge is 2.18. The lowest BCUT2D eigenvalue weighted by atomic mass is 10.2. The summed E-state index contributed by atoms with van der Waals surface area (Å²) in [5.74, 6) is 2.51. The Labute approximate surface area is 78.5 Å². The molecule has 13 heavy (non-hydrogen) atoms. The number of amidine groups is 2. The highest BCUT2D eigenvalue weighted by molar-refractivity contribution is 5.97. The van der Waals surface area contributed by atoms with Crippen molar-refractivity contribution in [2.24, 2.45) is 0 Å². The Kier molecular flexibility index (Phi) is 2.79. The second-order valence-electron chi connectivity index (χ2n) is 3.55. The van der Waals surface area contributed by atoms with Crippen molar-refractivity contribution in [1.29, 1.82) is 0 Å². The molecule has 0 aromatic rings. The van der Waals surface area contributed by atoms with Gasteiger partial charge in [0, 0.05) is 12.8 Å². The minimum absolute atomic E-state index is 0.972. The van der Waals surface area contributed by atoms with Gasteiger partial charge in [0.05, 0.1) is 26.2 Å². The summed E-state index contributed by atoms with van der Waals surface area (Å²) < 4.78 is 0. The lowest BCUT2D eigenvalue weighted by molar-refractivity contribution is -0.471. The van der Waals surface area contributed by atoms with Crippen molar-refractivity contribution in [3.8, 4) is 0 Å². The number of hydrogen-bond donors (Lipinski definition) is 4. The molecule has 0 amide bonds. The molecule has 0 aromatic carbocycles. The van der Waals surface area contributed by atoms with E-state index in [4.69, 9.17) is 0 Å². The van der Waals surface area contributed by atoms with Crippen LogP contribution in [0.3, 0.4) is 0 Å². The molecular weight excluding hydrogens is 164 g/mol. The molecule has 0 saturated carbocycles. The van der Waals surface area contributed by atoms with Gasteiger partial charge in [-0.25, -0.2) is 0 Å². The van der Waals surface area contributed by atoms with E-state index in [1.165, 1.54) is 24.5 Å². The molecule has 2 rings (SSSR count). The van der Waals surface area contributed by atoms with Crippen molar-refractivity contribution in [1.82, 2.24) is 10.6 Å². The van der Waals surface area contributed by atoms with Crippen LogP contribution in [0.25, 0.3) is 0 Å². The van der Waals surface area contributed by atoms with Gasteiger partial charge < -0.3 is 0 Å². The third-order valence-corrected chi connectivity index (χ3v) is 2.41. The zero-order chi connectivity index (χ0) is 8.93. The molecule has 0 unspecified atom stereocenters. The molecule has 0 fully saturated rings. The fraction of sp³-hybridized carbons (Fsp3) is 0.778. The van der Waals surface area contributed by atoms with Crippen LogP contribution < -0.4 is 20.6 Å². The van der Waals surface area contributed by atoms with Gasteiger partial charge in [0.15, 0.2) is 0 Å². The van der Waals surface area contributed by atoms with Crippen LogP contribution in [0.15, 0.2) is 0 Å². The van der Waals surface area contributed by atoms with E-state index in [1.54, 1.807) is 0 Å². The van der Waals surface area contributed by atoms with Crippen LogP contribution in [0.4, 0.5) is 0 Å². The summed E-state index contributed by atoms with van der Waals surface area (Å²) in [7, 11) is 0. The zero-order valence-corrected chi connectivity index (χ0v) is 7.95. The van der Waals surface area contributed by atoms with E-state index >= 15 is 0 Å². The molecule has 4 heteroatoms. The van der Waals surface area contributed by atoms with E-state index in [0.717, 1.165) is 32.6 Å². The van der Waals surface area contributed by atoms with Crippen LogP contribution in [-0.4, -0.2) is 37.9 Å². The molecule has 0 spiro atoms. The van der Waals surface area contributed by atoms with E-state index < -0.39 is 0 Å². The first kappa shape index (κ1) is 8.53. The number of rotatable bonds is 2. The molecular formula is C9H18N4+2. The Hall–Kier alpha value is -1.06. The Bertz CT molecular complexity index is 208. The van der Waals surface area contributed by atoms with Gasteiger partial charge in [0.1, 0.15) is 6.42 Å². The largest absolute Gasteiger partial charge is 0.278 e. The van der Waals surface area contributed by atoms with Gasteiger partial charge >= 0.3 is 0 Å². The van der Waals surface area contributed by atoms with Crippen molar-refractivity contribution in [3.63, 3.8) is 0 Å². The Morgan fingerprint density at radius 3 is 1.85 bits per heavy atom. The van der Waals surface area contributed by atoms with Gasteiger partial charge in [-0.1, -0.05) is 0 Å². The van der Waals surface area contributed by atoms with Crippen molar-refractivity contribution in [3.05, 3.63) is 0 Å². The molecule has 4 N–H and O–H groups in total. The molecule has 2 aliphatic heterocycles. The normalized spacial score (nSPS) is 22.5. The van der Waals surface area contributed by atoms with Gasteiger partial charge in [-0.05, 0) is 0 Å². The maximum Gasteiger partial charge on any atom is 0.254 e. The molecule has 4 nitrogen and oxygen atoms in total. The first-order valence-corrected chi connectivity index (χ1v) is 5.12. The third kappa shape index (κ3) is 2.44. The second-order valence-corrected chi connectivity index (χ2v) is 3.55. The van der Waals surface area contributed by atoms with Gasteiger partial charge in [0.2, 0.25) is 0 Å². The van der Waals surface area contributed by atoms with E-state index in [-0.39, 0.29) is 0 Å². The van der Waals surface area contributed by atoms with E-state index in [9.17, 15) is 0 Å². The maximum atomic E-state index is 3.37. The SMILES string of the molecule is C1CNC(CC2=[NH+]CCCN2)=[NH+]C1. The molecule has 0 atom stereocenters. The minimum atomic E-state index is 0.972. The van der Waals surface area contributed by atoms with Crippen LogP contribution in [0.2, 0.25) is 0 Å². The third-order valence-electron chi connectivity index (χ3n) is 2.41. The van der Waals surface area contributed by atoms with Crippen LogP contribution in [0, 0.1) is 0 Å². The number of hydrogen-bond acceptors (Lipinski definition) is 2. The summed E-state index contributed by atoms with van der Waals surface area (Å²) in [5, 5.41) is 6.74. The lowest BCUT2D eigenvalue weighted by Gasteiger charge is -2.10. The van der Waals surface area contributed by atoms with Gasteiger partial charge in [-0.3, -0.25) is 20.6 Å². The molecule has 0 saturated heterocycles. The molecule has 72 valence electrons. The molecule has 0 radical (unpaired) electrons. The molecule has 0 aliphatic carbocycles. The number of nitrogens with one attached hydrogen (secondary N) is 4. The fourth-order valence-electron chi connectivity index (χ4n) is 1.69. The standard InChI is InChI=1S/C9H16N4/c1-3-10-8(11-4-1)7-9-12-5-2-6-13-9/h1-7H2,(H,10,11)(H,12,13)/p+2. The van der Waals surface area contributed by atoms with Crippen LogP contribution in [-0.2, 0) is 0 Å². The summed E-state index contributed by atoms with van der Waals surface area (Å²) in [4.78, 5) is 6.74. The highest BCUT2D eigenvalue weighted by atomic mass is 15.1. The van der Waals surface area contributed by atoms with Crippen molar-refractivity contribution < 1.29 is 9.98 Å². The zero-order valence-electron chi connectivity index (χ0n) is 7.95. The Balaban J connectivity index is 1.88. The summed E-state index contributed by atoms with van der Waals surface area (Å²) in [6.45, 7) is 4.43. The van der Waals surface area contributed by atoms with Crippen LogP contribution in [0.5, 0.6) is 0 Å². The minimum Gasteiger partial charge on any atom is -0.278 e. The predicted molar refractivity (Wildman–Crippen MR) is 51.5 cm³/mol. The average molecular weight is 182 g/mol. The average Bonchev–Trinajstić information content (AvgIpc) is 2.21. The molecule has 0 aromatic heterocycles. The predicted octanol–water partition coefficient (Wildman–Crippen LogP) is -3.68. The lowest BCUT2D eigenvalue weighted by Crippen LogP contribution is -2.83. The topological polar surface area (TPSA) is 52.0 Å². The van der Waals surface area contributed by atoms with E-state index in [2.05, 4.69) is 20.6 Å². The molecule has 2 heterocycles. The Morgan fingerprint density at radius 2 is 1.46 bits per heavy atom. The summed E-state index contributed by atoms with van der Waals surface area (Å²) in [5.41, 5.74) is 0. The van der Waals surface area contributed by atoms with Gasteiger partial charge in [0.25, 0.3) is 11.7 Å². The monoisotopic (exact) mass is 182 g/mol. The summed E-state index contributed by atoms with van der Waals surface area (Å²) in [6, 6.07) is 0. The second kappa shape index (κ2) is 4.25. The molecule has 2 aliphatic rings. The highest BCUT2D eigenvalue weighted by Crippen LogP contribution is 1.82. The fourth-order valence-corrected chi connectivity index (χ4v) is 1.69. The van der Waals surface area contributed by atoms with Gasteiger partial charge in [-0.2, -0.15) is 0 Å². The van der Waals surface area contributed by atoms with Crippen molar-refractivity contribution in [2.75, 3.05) is 26.2 Å². The van der Waals surface area contributed by atoms with Crippen molar-refractivity contribution >= 4 is 11.7 Å². The van der Waals surface area contributed by atoms with E-state index in [1.807, 2.05) is 0 Å². The smallest absolute Gasteiger partial charge is 0.254 e. The quantitative estimate of drug-likeness (QED) is 0.356. The molecule has 0 bridgehead atoms. The van der Waals surface area contributed by atoms with Crippen LogP contribution in [0.1, 0.15) is 19.3 Å². The van der Waals surface area contributed by atoms with Crippen molar-refractivity contribution in [2.45, 2.75) is 19.3 Å². The van der Waals surface area contributed by atoms with E-state index in [0.29, 0.717) is 0 Å². The summed E-state index contributed by atoms with van der Waals surface area (Å²) >= 11 is 0. The van der Waals surface area contributed by atoms with Gasteiger partial charge in [-0.15, -0.1) is 0 Å². The first-order valence-electron chi connectivity index (χ1n) is 5.12. The van der Waals surface area contributed by atoms with Crippen LogP contribution >= 0.6 is 0 Å². The Morgan fingerprint density at radius 1 is 0.923 bits per heavy atom.